The average Bonchev–Trinajstić information content (AvgIpc) is 3.72. The molecular weight excluding hydrogens is 636 g/mol. The van der Waals surface area contributed by atoms with Gasteiger partial charge in [-0.05, 0) is 133 Å². The standard InChI is InChI=1S/C10H12BNO2.C9H12BNO2.C8H10BNO2.C7H8BNO2/c12-7-2-3-8-9(6-7)11(13)14-10(8)4-1-5-10;1-9(2)7-4-3-6(11)5-8(7)10(12)13-9;1-5-7-3-2-6(10)4-8(7)9(11)12-5;9-6-2-1-5-4-11-8(10)7(5)3-6/h2-3,6,13H,1,4-5,12H2;3-5,12H,11H2,1-2H3;2-5,11H,10H2,1H3;1-3,10H,4,9H2. The first-order valence-electron chi connectivity index (χ1n) is 16.6. The van der Waals surface area contributed by atoms with Gasteiger partial charge in [0.1, 0.15) is 0 Å². The molecule has 16 heteroatoms. The predicted octanol–water partition coefficient (Wildman–Crippen LogP) is 0.121. The Hall–Kier alpha value is -3.98. The fourth-order valence-corrected chi connectivity index (χ4v) is 6.92. The minimum Gasteiger partial charge on any atom is -0.423 e. The highest BCUT2D eigenvalue weighted by Crippen LogP contribution is 2.47. The second-order valence-electron chi connectivity index (χ2n) is 13.6. The van der Waals surface area contributed by atoms with Gasteiger partial charge in [-0.15, -0.1) is 0 Å². The molecule has 1 spiro atoms. The number of nitrogens with two attached hydrogens (primary N) is 4. The van der Waals surface area contributed by atoms with Crippen LogP contribution in [0, 0.1) is 0 Å². The molecule has 5 aliphatic rings. The van der Waals surface area contributed by atoms with E-state index in [0.717, 1.165) is 56.9 Å². The Morgan fingerprint density at radius 3 is 1.76 bits per heavy atom. The summed E-state index contributed by atoms with van der Waals surface area (Å²) in [6.45, 7) is 6.25. The molecule has 258 valence electrons. The van der Waals surface area contributed by atoms with Crippen LogP contribution in [0.3, 0.4) is 0 Å². The lowest BCUT2D eigenvalue weighted by molar-refractivity contribution is -0.0152. The molecule has 0 radical (unpaired) electrons. The molecule has 12 nitrogen and oxygen atoms in total. The Kier molecular flexibility index (Phi) is 10.0. The Morgan fingerprint density at radius 1 is 0.620 bits per heavy atom. The second-order valence-corrected chi connectivity index (χ2v) is 13.6. The van der Waals surface area contributed by atoms with Crippen LogP contribution >= 0.6 is 0 Å². The smallest absolute Gasteiger partial charge is 0.423 e. The minimum absolute atomic E-state index is 0.0319. The maximum atomic E-state index is 9.73. The zero-order valence-electron chi connectivity index (χ0n) is 28.4. The van der Waals surface area contributed by atoms with Crippen molar-refractivity contribution >= 4 is 73.1 Å². The maximum Gasteiger partial charge on any atom is 0.492 e. The fourth-order valence-electron chi connectivity index (χ4n) is 6.92. The molecule has 12 N–H and O–H groups in total. The second kappa shape index (κ2) is 14.0. The van der Waals surface area contributed by atoms with E-state index in [1.54, 1.807) is 24.3 Å². The molecular formula is C34H42B4N4O8. The van der Waals surface area contributed by atoms with Crippen LogP contribution in [-0.4, -0.2) is 48.6 Å². The van der Waals surface area contributed by atoms with E-state index >= 15 is 0 Å². The van der Waals surface area contributed by atoms with Crippen LogP contribution < -0.4 is 44.8 Å². The van der Waals surface area contributed by atoms with Gasteiger partial charge in [-0.25, -0.2) is 0 Å². The zero-order valence-corrected chi connectivity index (χ0v) is 28.4. The quantitative estimate of drug-likeness (QED) is 0.0919. The highest BCUT2D eigenvalue weighted by molar-refractivity contribution is 6.63. The number of hydrogen-bond donors (Lipinski definition) is 8. The van der Waals surface area contributed by atoms with E-state index in [0.29, 0.717) is 29.4 Å². The van der Waals surface area contributed by atoms with Crippen molar-refractivity contribution < 1.29 is 38.7 Å². The van der Waals surface area contributed by atoms with E-state index in [1.165, 1.54) is 6.42 Å². The molecule has 1 atom stereocenters. The summed E-state index contributed by atoms with van der Waals surface area (Å²) in [4.78, 5) is 0. The van der Waals surface area contributed by atoms with E-state index in [-0.39, 0.29) is 11.7 Å². The van der Waals surface area contributed by atoms with Crippen LogP contribution in [0.25, 0.3) is 0 Å². The monoisotopic (exact) mass is 678 g/mol. The summed E-state index contributed by atoms with van der Waals surface area (Å²) in [5.41, 5.74) is 31.8. The summed E-state index contributed by atoms with van der Waals surface area (Å²) in [6.07, 6.45) is 3.17. The summed E-state index contributed by atoms with van der Waals surface area (Å²) < 4.78 is 21.1. The summed E-state index contributed by atoms with van der Waals surface area (Å²) in [7, 11) is -3.21. The van der Waals surface area contributed by atoms with Crippen LogP contribution in [0.4, 0.5) is 22.7 Å². The van der Waals surface area contributed by atoms with Gasteiger partial charge in [0.25, 0.3) is 0 Å². The molecule has 1 unspecified atom stereocenters. The van der Waals surface area contributed by atoms with Crippen molar-refractivity contribution in [3.05, 3.63) is 95.1 Å². The molecule has 1 saturated carbocycles. The topological polar surface area (TPSA) is 222 Å². The first-order valence-corrected chi connectivity index (χ1v) is 16.6. The molecule has 1 aliphatic carbocycles. The molecule has 4 heterocycles. The molecule has 50 heavy (non-hydrogen) atoms. The van der Waals surface area contributed by atoms with Crippen molar-refractivity contribution in [2.75, 3.05) is 22.9 Å². The number of hydrogen-bond acceptors (Lipinski definition) is 12. The molecule has 0 amide bonds. The van der Waals surface area contributed by atoms with Crippen LogP contribution in [0.2, 0.25) is 0 Å². The molecule has 1 fully saturated rings. The van der Waals surface area contributed by atoms with Crippen molar-refractivity contribution in [1.29, 1.82) is 0 Å². The van der Waals surface area contributed by atoms with Gasteiger partial charge in [-0.3, -0.25) is 0 Å². The van der Waals surface area contributed by atoms with Gasteiger partial charge >= 0.3 is 28.5 Å². The number of rotatable bonds is 0. The SMILES string of the molecule is CC1(C)OB(O)c2cc(N)ccc21.CC1OB(O)c2cc(N)ccc21.Nc1ccc2c(c1)B(O)OC2.Nc1ccc2c(c1)B(O)OC21CCC1. The van der Waals surface area contributed by atoms with Gasteiger partial charge in [0, 0.05) is 22.7 Å². The summed E-state index contributed by atoms with van der Waals surface area (Å²) in [6, 6.07) is 22.0. The van der Waals surface area contributed by atoms with Gasteiger partial charge < -0.3 is 61.6 Å². The van der Waals surface area contributed by atoms with Crippen molar-refractivity contribution in [1.82, 2.24) is 0 Å². The zero-order chi connectivity index (χ0) is 36.0. The highest BCUT2D eigenvalue weighted by Gasteiger charge is 2.50. The lowest BCUT2D eigenvalue weighted by atomic mass is 9.72. The van der Waals surface area contributed by atoms with Crippen LogP contribution in [-0.2, 0) is 36.4 Å². The fraction of sp³-hybridized carbons (Fsp3) is 0.294. The number of nitrogen functional groups attached to an aromatic ring is 4. The number of anilines is 4. The van der Waals surface area contributed by atoms with Gasteiger partial charge in [-0.2, -0.15) is 0 Å². The Bertz CT molecular complexity index is 1880. The highest BCUT2D eigenvalue weighted by atomic mass is 16.6. The molecule has 9 rings (SSSR count). The van der Waals surface area contributed by atoms with E-state index in [9.17, 15) is 20.1 Å². The van der Waals surface area contributed by atoms with E-state index in [2.05, 4.69) is 0 Å². The van der Waals surface area contributed by atoms with Crippen LogP contribution in [0.5, 0.6) is 0 Å². The van der Waals surface area contributed by atoms with Crippen molar-refractivity contribution in [2.45, 2.75) is 63.9 Å². The van der Waals surface area contributed by atoms with Gasteiger partial charge in [0.15, 0.2) is 0 Å². The lowest BCUT2D eigenvalue weighted by Crippen LogP contribution is -2.35. The largest absolute Gasteiger partial charge is 0.492 e. The molecule has 0 bridgehead atoms. The summed E-state index contributed by atoms with van der Waals surface area (Å²) >= 11 is 0. The predicted molar refractivity (Wildman–Crippen MR) is 199 cm³/mol. The Morgan fingerprint density at radius 2 is 1.14 bits per heavy atom. The first kappa shape index (κ1) is 35.8. The van der Waals surface area contributed by atoms with Crippen LogP contribution in [0.15, 0.2) is 72.8 Å². The molecule has 0 saturated heterocycles. The average molecular weight is 678 g/mol. The third-order valence-electron chi connectivity index (χ3n) is 9.71. The van der Waals surface area contributed by atoms with Gasteiger partial charge in [0.2, 0.25) is 0 Å². The van der Waals surface area contributed by atoms with Gasteiger partial charge in [0.05, 0.1) is 23.9 Å². The lowest BCUT2D eigenvalue weighted by Gasteiger charge is -2.39. The number of fused-ring (bicyclic) bond motifs is 5. The van der Waals surface area contributed by atoms with E-state index in [4.69, 9.17) is 41.6 Å². The molecule has 0 aromatic heterocycles. The molecule has 4 aromatic carbocycles. The Balaban J connectivity index is 0.000000116. The van der Waals surface area contributed by atoms with Gasteiger partial charge in [-0.1, -0.05) is 24.3 Å². The van der Waals surface area contributed by atoms with E-state index < -0.39 is 34.1 Å². The third-order valence-corrected chi connectivity index (χ3v) is 9.71. The van der Waals surface area contributed by atoms with Crippen molar-refractivity contribution in [2.24, 2.45) is 0 Å². The Labute approximate surface area is 293 Å². The molecule has 4 aliphatic heterocycles. The summed E-state index contributed by atoms with van der Waals surface area (Å²) in [5, 5.41) is 37.9. The van der Waals surface area contributed by atoms with Crippen molar-refractivity contribution in [3.63, 3.8) is 0 Å². The van der Waals surface area contributed by atoms with Crippen LogP contribution in [0.1, 0.15) is 68.4 Å². The minimum atomic E-state index is -0.839. The third kappa shape index (κ3) is 7.11. The van der Waals surface area contributed by atoms with E-state index in [1.807, 2.05) is 69.3 Å². The van der Waals surface area contributed by atoms with Crippen molar-refractivity contribution in [3.8, 4) is 0 Å². The summed E-state index contributed by atoms with van der Waals surface area (Å²) in [5.74, 6) is 0. The number of benzene rings is 4. The molecule has 4 aromatic rings. The first-order chi connectivity index (χ1) is 23.7. The maximum absolute atomic E-state index is 9.73. The normalized spacial score (nSPS) is 19.5.